The smallest absolute Gasteiger partial charge is 0.134 e. The van der Waals surface area contributed by atoms with Crippen LogP contribution < -0.4 is 0 Å². The van der Waals surface area contributed by atoms with Crippen LogP contribution in [0.1, 0.15) is 18.1 Å². The minimum absolute atomic E-state index is 0.271. The highest BCUT2D eigenvalue weighted by Gasteiger charge is 2.07. The first-order valence-corrected chi connectivity index (χ1v) is 4.17. The Hall–Kier alpha value is -1.84. The summed E-state index contributed by atoms with van der Waals surface area (Å²) in [5.41, 5.74) is 2.38. The number of hydrogen-bond acceptors (Lipinski definition) is 4. The Balaban J connectivity index is 3.09. The van der Waals surface area contributed by atoms with Crippen LogP contribution in [0.15, 0.2) is 34.6 Å². The first kappa shape index (κ1) is 10.2. The third-order valence-electron chi connectivity index (χ3n) is 1.92. The molecule has 2 N–H and O–H groups in total. The molecule has 4 nitrogen and oxygen atoms in total. The summed E-state index contributed by atoms with van der Waals surface area (Å²) in [5.74, 6) is 0. The van der Waals surface area contributed by atoms with Gasteiger partial charge in [0.2, 0.25) is 0 Å². The lowest BCUT2D eigenvalue weighted by molar-refractivity contribution is 0.314. The Labute approximate surface area is 82.2 Å². The fourth-order valence-corrected chi connectivity index (χ4v) is 1.10. The first-order chi connectivity index (χ1) is 6.69. The molecule has 1 rings (SSSR count). The van der Waals surface area contributed by atoms with E-state index in [1.807, 2.05) is 19.1 Å². The van der Waals surface area contributed by atoms with Crippen LogP contribution in [-0.2, 0) is 0 Å². The van der Waals surface area contributed by atoms with Gasteiger partial charge in [-0.1, -0.05) is 40.1 Å². The Morgan fingerprint density at radius 2 is 1.64 bits per heavy atom. The molecule has 0 saturated carbocycles. The van der Waals surface area contributed by atoms with Crippen molar-refractivity contribution in [3.63, 3.8) is 0 Å². The summed E-state index contributed by atoms with van der Waals surface area (Å²) in [5, 5.41) is 23.4. The minimum Gasteiger partial charge on any atom is -0.411 e. The molecular weight excluding hydrogens is 180 g/mol. The van der Waals surface area contributed by atoms with Crippen LogP contribution in [0.2, 0.25) is 0 Å². The predicted octanol–water partition coefficient (Wildman–Crippen LogP) is 2.02. The zero-order chi connectivity index (χ0) is 10.6. The molecule has 74 valence electrons. The van der Waals surface area contributed by atoms with Crippen molar-refractivity contribution in [3.05, 3.63) is 35.4 Å². The zero-order valence-electron chi connectivity index (χ0n) is 8.10. The van der Waals surface area contributed by atoms with Gasteiger partial charge in [-0.15, -0.1) is 0 Å². The zero-order valence-corrected chi connectivity index (χ0v) is 8.10. The van der Waals surface area contributed by atoms with E-state index >= 15 is 0 Å². The van der Waals surface area contributed by atoms with Crippen LogP contribution in [0, 0.1) is 6.92 Å². The van der Waals surface area contributed by atoms with E-state index in [-0.39, 0.29) is 11.4 Å². The van der Waals surface area contributed by atoms with E-state index in [9.17, 15) is 0 Å². The summed E-state index contributed by atoms with van der Waals surface area (Å²) in [6, 6.07) is 7.40. The molecule has 1 aromatic carbocycles. The van der Waals surface area contributed by atoms with Crippen LogP contribution in [0.5, 0.6) is 0 Å². The molecule has 0 bridgehead atoms. The third kappa shape index (κ3) is 2.10. The quantitative estimate of drug-likeness (QED) is 0.427. The first-order valence-electron chi connectivity index (χ1n) is 4.17. The van der Waals surface area contributed by atoms with Gasteiger partial charge in [0.05, 0.1) is 0 Å². The van der Waals surface area contributed by atoms with Crippen LogP contribution in [0.25, 0.3) is 0 Å². The molecule has 14 heavy (non-hydrogen) atoms. The van der Waals surface area contributed by atoms with Gasteiger partial charge in [-0.2, -0.15) is 0 Å². The van der Waals surface area contributed by atoms with Crippen LogP contribution in [0.3, 0.4) is 0 Å². The molecule has 0 aliphatic rings. The second kappa shape index (κ2) is 4.41. The third-order valence-corrected chi connectivity index (χ3v) is 1.92. The minimum atomic E-state index is 0.271. The van der Waals surface area contributed by atoms with Crippen LogP contribution in [-0.4, -0.2) is 21.8 Å². The van der Waals surface area contributed by atoms with Crippen molar-refractivity contribution in [1.29, 1.82) is 0 Å². The lowest BCUT2D eigenvalue weighted by Gasteiger charge is -2.02. The number of rotatable bonds is 2. The maximum Gasteiger partial charge on any atom is 0.134 e. The normalized spacial score (nSPS) is 13.0. The van der Waals surface area contributed by atoms with E-state index in [2.05, 4.69) is 10.3 Å². The lowest BCUT2D eigenvalue weighted by atomic mass is 10.1. The predicted molar refractivity (Wildman–Crippen MR) is 54.4 cm³/mol. The summed E-state index contributed by atoms with van der Waals surface area (Å²) < 4.78 is 0. The highest BCUT2D eigenvalue weighted by molar-refractivity contribution is 6.47. The lowest BCUT2D eigenvalue weighted by Crippen LogP contribution is -2.12. The summed E-state index contributed by atoms with van der Waals surface area (Å²) >= 11 is 0. The van der Waals surface area contributed by atoms with E-state index in [4.69, 9.17) is 10.4 Å². The van der Waals surface area contributed by atoms with E-state index in [0.29, 0.717) is 5.56 Å². The summed E-state index contributed by atoms with van der Waals surface area (Å²) in [6.45, 7) is 3.53. The molecule has 0 atom stereocenters. The standard InChI is InChI=1S/C10H12N2O2/c1-7-3-5-9(6-4-7)10(12-14)8(2)11-13/h3-6,13-14H,1-2H3/b11-8-,12-10+. The van der Waals surface area contributed by atoms with Gasteiger partial charge < -0.3 is 10.4 Å². The SMILES string of the molecule is CC(=N/O)/C(=N\O)c1ccc(C)cc1. The Morgan fingerprint density at radius 3 is 2.07 bits per heavy atom. The highest BCUT2D eigenvalue weighted by Crippen LogP contribution is 2.05. The Bertz CT molecular complexity index is 366. The van der Waals surface area contributed by atoms with Crippen molar-refractivity contribution in [3.8, 4) is 0 Å². The molecule has 0 unspecified atom stereocenters. The van der Waals surface area contributed by atoms with Gasteiger partial charge in [0.1, 0.15) is 11.4 Å². The van der Waals surface area contributed by atoms with E-state index in [0.717, 1.165) is 5.56 Å². The van der Waals surface area contributed by atoms with Crippen molar-refractivity contribution in [1.82, 2.24) is 0 Å². The largest absolute Gasteiger partial charge is 0.411 e. The van der Waals surface area contributed by atoms with Gasteiger partial charge in [-0.3, -0.25) is 0 Å². The molecular formula is C10H12N2O2. The van der Waals surface area contributed by atoms with Crippen molar-refractivity contribution >= 4 is 11.4 Å². The second-order valence-electron chi connectivity index (χ2n) is 3.00. The van der Waals surface area contributed by atoms with Gasteiger partial charge in [0.15, 0.2) is 0 Å². The molecule has 0 heterocycles. The summed E-state index contributed by atoms with van der Waals surface area (Å²) in [7, 11) is 0. The maximum absolute atomic E-state index is 8.75. The molecule has 0 amide bonds. The van der Waals surface area contributed by atoms with Crippen molar-refractivity contribution < 1.29 is 10.4 Å². The molecule has 0 fully saturated rings. The van der Waals surface area contributed by atoms with E-state index < -0.39 is 0 Å². The monoisotopic (exact) mass is 192 g/mol. The fraction of sp³-hybridized carbons (Fsp3) is 0.200. The average molecular weight is 192 g/mol. The number of benzene rings is 1. The van der Waals surface area contributed by atoms with Gasteiger partial charge >= 0.3 is 0 Å². The van der Waals surface area contributed by atoms with Crippen LogP contribution >= 0.6 is 0 Å². The van der Waals surface area contributed by atoms with E-state index in [1.165, 1.54) is 0 Å². The van der Waals surface area contributed by atoms with Crippen molar-refractivity contribution in [2.24, 2.45) is 10.3 Å². The molecule has 0 aliphatic heterocycles. The molecule has 0 aromatic heterocycles. The number of hydrogen-bond donors (Lipinski definition) is 2. The number of oxime groups is 2. The fourth-order valence-electron chi connectivity index (χ4n) is 1.10. The van der Waals surface area contributed by atoms with Gasteiger partial charge in [0.25, 0.3) is 0 Å². The average Bonchev–Trinajstić information content (AvgIpc) is 2.21. The molecule has 0 spiro atoms. The molecule has 0 radical (unpaired) electrons. The second-order valence-corrected chi connectivity index (χ2v) is 3.00. The topological polar surface area (TPSA) is 65.2 Å². The Morgan fingerprint density at radius 1 is 1.07 bits per heavy atom. The van der Waals surface area contributed by atoms with Gasteiger partial charge in [-0.25, -0.2) is 0 Å². The molecule has 0 aliphatic carbocycles. The van der Waals surface area contributed by atoms with Gasteiger partial charge in [-0.05, 0) is 13.8 Å². The molecule has 1 aromatic rings. The summed E-state index contributed by atoms with van der Waals surface area (Å²) in [4.78, 5) is 0. The van der Waals surface area contributed by atoms with Crippen molar-refractivity contribution in [2.45, 2.75) is 13.8 Å². The number of aryl methyl sites for hydroxylation is 1. The Kier molecular flexibility index (Phi) is 3.23. The van der Waals surface area contributed by atoms with Crippen LogP contribution in [0.4, 0.5) is 0 Å². The van der Waals surface area contributed by atoms with E-state index in [1.54, 1.807) is 19.1 Å². The molecule has 4 heteroatoms. The van der Waals surface area contributed by atoms with Gasteiger partial charge in [0, 0.05) is 5.56 Å². The molecule has 0 saturated heterocycles. The maximum atomic E-state index is 8.75. The highest BCUT2D eigenvalue weighted by atomic mass is 16.4. The number of nitrogens with zero attached hydrogens (tertiary/aromatic N) is 2. The summed E-state index contributed by atoms with van der Waals surface area (Å²) in [6.07, 6.45) is 0. The van der Waals surface area contributed by atoms with Crippen molar-refractivity contribution in [2.75, 3.05) is 0 Å².